The molecule has 0 aliphatic carbocycles. The van der Waals surface area contributed by atoms with E-state index in [0.717, 1.165) is 11.3 Å². The molecule has 1 amide bonds. The molecule has 0 saturated carbocycles. The van der Waals surface area contributed by atoms with E-state index in [0.29, 0.717) is 10.4 Å². The largest absolute Gasteiger partial charge is 0.454 e. The Kier molecular flexibility index (Phi) is 3.40. The van der Waals surface area contributed by atoms with E-state index in [1.807, 2.05) is 25.1 Å². The summed E-state index contributed by atoms with van der Waals surface area (Å²) in [5.41, 5.74) is 0.938. The van der Waals surface area contributed by atoms with E-state index in [4.69, 9.17) is 13.9 Å². The molecule has 1 aromatic heterocycles. The average molecular weight is 338 g/mol. The van der Waals surface area contributed by atoms with Crippen LogP contribution in [0.4, 0.5) is 0 Å². The van der Waals surface area contributed by atoms with Gasteiger partial charge in [0, 0.05) is 0 Å². The Morgan fingerprint density at radius 2 is 2.05 bits per heavy atom. The number of hydrogen-bond acceptors (Lipinski definition) is 4. The van der Waals surface area contributed by atoms with E-state index in [1.54, 1.807) is 12.1 Å². The second-order valence-corrected chi connectivity index (χ2v) is 5.19. The lowest BCUT2D eigenvalue weighted by Gasteiger charge is -2.13. The highest BCUT2D eigenvalue weighted by molar-refractivity contribution is 9.10. The number of nitrogens with one attached hydrogen (secondary N) is 1. The number of amides is 1. The Labute approximate surface area is 124 Å². The predicted octanol–water partition coefficient (Wildman–Crippen LogP) is 3.26. The summed E-state index contributed by atoms with van der Waals surface area (Å²) >= 11 is 3.17. The number of carbonyl (C=O) groups excluding carboxylic acids is 1. The van der Waals surface area contributed by atoms with Gasteiger partial charge in [-0.05, 0) is 52.7 Å². The zero-order chi connectivity index (χ0) is 14.1. The minimum atomic E-state index is -0.263. The van der Waals surface area contributed by atoms with Crippen LogP contribution in [0, 0.1) is 0 Å². The van der Waals surface area contributed by atoms with Crippen molar-refractivity contribution in [2.24, 2.45) is 0 Å². The lowest BCUT2D eigenvalue weighted by atomic mass is 10.1. The van der Waals surface area contributed by atoms with E-state index >= 15 is 0 Å². The number of fused-ring (bicyclic) bond motifs is 1. The molecule has 1 aromatic carbocycles. The first-order chi connectivity index (χ1) is 9.63. The van der Waals surface area contributed by atoms with Crippen molar-refractivity contribution in [2.45, 2.75) is 13.0 Å². The molecule has 1 atom stereocenters. The molecule has 3 rings (SSSR count). The highest BCUT2D eigenvalue weighted by Crippen LogP contribution is 2.34. The molecule has 0 radical (unpaired) electrons. The highest BCUT2D eigenvalue weighted by atomic mass is 79.9. The summed E-state index contributed by atoms with van der Waals surface area (Å²) in [5.74, 6) is 1.43. The standard InChI is InChI=1S/C14H12BrNO4/c1-8(16-14(17)11-4-5-13(15)20-11)9-2-3-10-12(6-9)19-7-18-10/h2-6,8H,7H2,1H3,(H,16,17). The molecule has 1 aliphatic heterocycles. The van der Waals surface area contributed by atoms with Gasteiger partial charge in [-0.2, -0.15) is 0 Å². The Morgan fingerprint density at radius 1 is 1.25 bits per heavy atom. The molecule has 0 saturated heterocycles. The Morgan fingerprint density at radius 3 is 2.80 bits per heavy atom. The summed E-state index contributed by atoms with van der Waals surface area (Å²) in [6, 6.07) is 8.73. The predicted molar refractivity (Wildman–Crippen MR) is 74.9 cm³/mol. The fourth-order valence-electron chi connectivity index (χ4n) is 1.97. The summed E-state index contributed by atoms with van der Waals surface area (Å²) in [6.45, 7) is 2.13. The van der Waals surface area contributed by atoms with Gasteiger partial charge in [-0.3, -0.25) is 4.79 Å². The summed E-state index contributed by atoms with van der Waals surface area (Å²) in [4.78, 5) is 12.0. The van der Waals surface area contributed by atoms with Crippen molar-refractivity contribution in [1.29, 1.82) is 0 Å². The van der Waals surface area contributed by atoms with Crippen LogP contribution in [0.25, 0.3) is 0 Å². The molecule has 20 heavy (non-hydrogen) atoms. The first-order valence-corrected chi connectivity index (χ1v) is 6.88. The minimum Gasteiger partial charge on any atom is -0.454 e. The summed E-state index contributed by atoms with van der Waals surface area (Å²) in [7, 11) is 0. The van der Waals surface area contributed by atoms with Crippen LogP contribution in [0.3, 0.4) is 0 Å². The van der Waals surface area contributed by atoms with Gasteiger partial charge in [0.1, 0.15) is 0 Å². The maximum absolute atomic E-state index is 12.0. The maximum Gasteiger partial charge on any atom is 0.287 e. The van der Waals surface area contributed by atoms with E-state index in [-0.39, 0.29) is 24.5 Å². The molecule has 6 heteroatoms. The fraction of sp³-hybridized carbons (Fsp3) is 0.214. The normalized spacial score (nSPS) is 14.1. The molecule has 0 spiro atoms. The average Bonchev–Trinajstić information content (AvgIpc) is 3.05. The van der Waals surface area contributed by atoms with Gasteiger partial charge in [-0.1, -0.05) is 6.07 Å². The molecular weight excluding hydrogens is 326 g/mol. The third-order valence-electron chi connectivity index (χ3n) is 3.04. The molecule has 1 aliphatic rings. The second kappa shape index (κ2) is 5.20. The first kappa shape index (κ1) is 13.1. The van der Waals surface area contributed by atoms with Crippen LogP contribution in [0.15, 0.2) is 39.4 Å². The van der Waals surface area contributed by atoms with Crippen molar-refractivity contribution < 1.29 is 18.7 Å². The van der Waals surface area contributed by atoms with Gasteiger partial charge in [0.2, 0.25) is 6.79 Å². The Balaban J connectivity index is 1.73. The molecule has 0 bridgehead atoms. The van der Waals surface area contributed by atoms with E-state index in [2.05, 4.69) is 21.2 Å². The summed E-state index contributed by atoms with van der Waals surface area (Å²) in [5, 5.41) is 2.87. The molecule has 0 fully saturated rings. The number of halogens is 1. The fourth-order valence-corrected chi connectivity index (χ4v) is 2.28. The SMILES string of the molecule is CC(NC(=O)c1ccc(Br)o1)c1ccc2c(c1)OCO2. The minimum absolute atomic E-state index is 0.166. The van der Waals surface area contributed by atoms with Crippen LogP contribution in [-0.4, -0.2) is 12.7 Å². The van der Waals surface area contributed by atoms with Gasteiger partial charge < -0.3 is 19.2 Å². The van der Waals surface area contributed by atoms with Crippen molar-refractivity contribution in [3.63, 3.8) is 0 Å². The zero-order valence-corrected chi connectivity index (χ0v) is 12.3. The summed E-state index contributed by atoms with van der Waals surface area (Å²) < 4.78 is 16.3. The van der Waals surface area contributed by atoms with Gasteiger partial charge in [0.15, 0.2) is 21.9 Å². The lowest BCUT2D eigenvalue weighted by molar-refractivity contribution is 0.0910. The molecule has 2 aromatic rings. The van der Waals surface area contributed by atoms with Gasteiger partial charge >= 0.3 is 0 Å². The molecule has 1 unspecified atom stereocenters. The third-order valence-corrected chi connectivity index (χ3v) is 3.47. The van der Waals surface area contributed by atoms with E-state index in [1.165, 1.54) is 0 Å². The van der Waals surface area contributed by atoms with E-state index in [9.17, 15) is 4.79 Å². The van der Waals surface area contributed by atoms with Crippen molar-refractivity contribution in [3.05, 3.63) is 46.3 Å². The number of hydrogen-bond donors (Lipinski definition) is 1. The molecule has 1 N–H and O–H groups in total. The molecule has 5 nitrogen and oxygen atoms in total. The number of ether oxygens (including phenoxy) is 2. The summed E-state index contributed by atoms with van der Waals surface area (Å²) in [6.07, 6.45) is 0. The quantitative estimate of drug-likeness (QED) is 0.933. The zero-order valence-electron chi connectivity index (χ0n) is 10.7. The second-order valence-electron chi connectivity index (χ2n) is 4.41. The third kappa shape index (κ3) is 2.51. The van der Waals surface area contributed by atoms with Crippen LogP contribution in [0.5, 0.6) is 11.5 Å². The van der Waals surface area contributed by atoms with Crippen molar-refractivity contribution >= 4 is 21.8 Å². The number of furan rings is 1. The lowest BCUT2D eigenvalue weighted by Crippen LogP contribution is -2.26. The molecule has 104 valence electrons. The van der Waals surface area contributed by atoms with Crippen LogP contribution in [0.1, 0.15) is 29.1 Å². The highest BCUT2D eigenvalue weighted by Gasteiger charge is 2.18. The van der Waals surface area contributed by atoms with Crippen LogP contribution in [-0.2, 0) is 0 Å². The Hall–Kier alpha value is -1.95. The van der Waals surface area contributed by atoms with Gasteiger partial charge in [-0.25, -0.2) is 0 Å². The Bertz CT molecular complexity index is 652. The van der Waals surface area contributed by atoms with Gasteiger partial charge in [0.25, 0.3) is 5.91 Å². The molecular formula is C14H12BrNO4. The van der Waals surface area contributed by atoms with Crippen molar-refractivity contribution in [2.75, 3.05) is 6.79 Å². The molecule has 2 heterocycles. The van der Waals surface area contributed by atoms with E-state index < -0.39 is 0 Å². The maximum atomic E-state index is 12.0. The van der Waals surface area contributed by atoms with Crippen LogP contribution < -0.4 is 14.8 Å². The van der Waals surface area contributed by atoms with Crippen LogP contribution in [0.2, 0.25) is 0 Å². The van der Waals surface area contributed by atoms with Crippen molar-refractivity contribution in [3.8, 4) is 11.5 Å². The van der Waals surface area contributed by atoms with Crippen LogP contribution >= 0.6 is 15.9 Å². The first-order valence-electron chi connectivity index (χ1n) is 6.09. The number of rotatable bonds is 3. The smallest absolute Gasteiger partial charge is 0.287 e. The number of carbonyl (C=O) groups is 1. The van der Waals surface area contributed by atoms with Crippen molar-refractivity contribution in [1.82, 2.24) is 5.32 Å². The topological polar surface area (TPSA) is 60.7 Å². The number of benzene rings is 1. The van der Waals surface area contributed by atoms with Gasteiger partial charge in [-0.15, -0.1) is 0 Å². The van der Waals surface area contributed by atoms with Gasteiger partial charge in [0.05, 0.1) is 6.04 Å². The monoisotopic (exact) mass is 337 g/mol.